The minimum Gasteiger partial charge on any atom is -0.276 e. The fourth-order valence-electron chi connectivity index (χ4n) is 23.4. The van der Waals surface area contributed by atoms with Crippen LogP contribution in [0.2, 0.25) is 0 Å². The van der Waals surface area contributed by atoms with Gasteiger partial charge in [-0.1, -0.05) is 329 Å². The van der Waals surface area contributed by atoms with Gasteiger partial charge in [0, 0.05) is 136 Å². The van der Waals surface area contributed by atoms with Gasteiger partial charge in [-0.2, -0.15) is 15.0 Å². The number of nitrogens with zero attached hydrogens (tertiary/aromatic N) is 12. The van der Waals surface area contributed by atoms with Crippen molar-refractivity contribution < 1.29 is 0 Å². The molecule has 12 nitrogen and oxygen atoms in total. The van der Waals surface area contributed by atoms with Crippen molar-refractivity contribution in [3.63, 3.8) is 0 Å². The summed E-state index contributed by atoms with van der Waals surface area (Å²) >= 11 is 5.53. The molecule has 12 aromatic heterocycles. The fourth-order valence-corrected chi connectivity index (χ4v) is 27.1. The third-order valence-electron chi connectivity index (χ3n) is 29.7. The van der Waals surface area contributed by atoms with Crippen LogP contribution in [0.4, 0.5) is 0 Å². The molecule has 676 valence electrons. The SMILES string of the molecule is CC1(C)c2ccccc2-c2ccc(-c3nc(-n4c5ccccc5c5c6ccccc6c6c7ccccc7sc6c54)nc4ncccc34)cc21.c1ccc(-c2cc(-c3ccccc3)cc(-c3nc(-n4c5ccccc5c5c6ccccc6c6c7ccccc7sc6c54)nc4ncccc34)c2)cc1.c1ccc2cc(-c3nc(-n4c5ccccc5c5c6ccccc6c6c7ccccc7sc6c54)nc4ncccc34)ccc2c1. The lowest BCUT2D eigenvalue weighted by atomic mass is 9.82. The Kier molecular flexibility index (Phi) is 18.5. The van der Waals surface area contributed by atoms with Crippen LogP contribution in [-0.4, -0.2) is 58.6 Å². The number of benzene rings is 19. The molecule has 145 heavy (non-hydrogen) atoms. The highest BCUT2D eigenvalue weighted by Gasteiger charge is 2.37. The normalized spacial score (nSPS) is 12.5. The number of fused-ring (bicyclic) bond motifs is 37. The number of para-hydroxylation sites is 3. The van der Waals surface area contributed by atoms with Gasteiger partial charge in [0.1, 0.15) is 0 Å². The number of pyridine rings is 3. The summed E-state index contributed by atoms with van der Waals surface area (Å²) in [5, 5.41) is 27.6. The first-order valence-corrected chi connectivity index (χ1v) is 51.3. The molecular weight excluding hydrogens is 1830 g/mol. The summed E-state index contributed by atoms with van der Waals surface area (Å²) in [5.41, 5.74) is 24.1. The molecule has 0 spiro atoms. The number of aromatic nitrogens is 12. The Bertz CT molecular complexity index is 10900. The van der Waals surface area contributed by atoms with E-state index in [1.807, 2.05) is 70.8 Å². The Hall–Kier alpha value is -18.3. The van der Waals surface area contributed by atoms with E-state index in [1.54, 1.807) is 0 Å². The van der Waals surface area contributed by atoms with E-state index in [2.05, 4.69) is 428 Å². The summed E-state index contributed by atoms with van der Waals surface area (Å²) in [6, 6.07) is 149. The van der Waals surface area contributed by atoms with Gasteiger partial charge in [0.2, 0.25) is 17.8 Å². The first-order valence-electron chi connectivity index (χ1n) is 48.9. The lowest BCUT2D eigenvalue weighted by molar-refractivity contribution is 0.660. The van der Waals surface area contributed by atoms with E-state index in [0.717, 1.165) is 105 Å². The molecule has 0 radical (unpaired) electrons. The number of hydrogen-bond acceptors (Lipinski definition) is 12. The van der Waals surface area contributed by atoms with Crippen LogP contribution in [0, 0.1) is 0 Å². The van der Waals surface area contributed by atoms with Crippen molar-refractivity contribution in [3.05, 3.63) is 448 Å². The van der Waals surface area contributed by atoms with Crippen molar-refractivity contribution in [3.8, 4) is 85.0 Å². The predicted molar refractivity (Wildman–Crippen MR) is 608 cm³/mol. The lowest BCUT2D eigenvalue weighted by Gasteiger charge is -2.22. The molecule has 19 aromatic carbocycles. The number of thiophene rings is 3. The van der Waals surface area contributed by atoms with Crippen molar-refractivity contribution in [1.82, 2.24) is 58.6 Å². The third-order valence-corrected chi connectivity index (χ3v) is 33.3. The van der Waals surface area contributed by atoms with Gasteiger partial charge in [-0.25, -0.2) is 29.9 Å². The van der Waals surface area contributed by atoms with Gasteiger partial charge in [-0.05, 0) is 191 Å². The first-order chi connectivity index (χ1) is 71.7. The van der Waals surface area contributed by atoms with Crippen molar-refractivity contribution >= 4 is 236 Å². The maximum atomic E-state index is 5.54. The van der Waals surface area contributed by atoms with Crippen LogP contribution < -0.4 is 0 Å². The van der Waals surface area contributed by atoms with E-state index in [0.29, 0.717) is 34.8 Å². The van der Waals surface area contributed by atoms with Crippen molar-refractivity contribution in [2.45, 2.75) is 19.3 Å². The van der Waals surface area contributed by atoms with Gasteiger partial charge in [0.15, 0.2) is 16.9 Å². The number of hydrogen-bond donors (Lipinski definition) is 0. The topological polar surface area (TPSA) is 131 Å². The van der Waals surface area contributed by atoms with E-state index in [4.69, 9.17) is 44.9 Å². The average molecular weight is 1900 g/mol. The molecule has 0 atom stereocenters. The molecule has 31 aromatic rings. The Labute approximate surface area is 840 Å². The molecule has 1 aliphatic carbocycles. The zero-order valence-electron chi connectivity index (χ0n) is 78.2. The minimum absolute atomic E-state index is 0.119. The quantitative estimate of drug-likeness (QED) is 0.146. The second kappa shape index (κ2) is 32.4. The van der Waals surface area contributed by atoms with Gasteiger partial charge in [-0.15, -0.1) is 34.0 Å². The second-order valence-electron chi connectivity index (χ2n) is 38.0. The third kappa shape index (κ3) is 12.7. The monoisotopic (exact) mass is 1900 g/mol. The zero-order chi connectivity index (χ0) is 95.4. The van der Waals surface area contributed by atoms with Crippen LogP contribution in [0.5, 0.6) is 0 Å². The molecule has 0 fully saturated rings. The summed E-state index contributed by atoms with van der Waals surface area (Å²) in [6.07, 6.45) is 5.46. The first kappa shape index (κ1) is 82.6. The summed E-state index contributed by atoms with van der Waals surface area (Å²) < 4.78 is 14.4. The van der Waals surface area contributed by atoms with Crippen LogP contribution >= 0.6 is 34.0 Å². The van der Waals surface area contributed by atoms with Gasteiger partial charge < -0.3 is 0 Å². The van der Waals surface area contributed by atoms with Crippen LogP contribution in [0.25, 0.3) is 287 Å². The Morgan fingerprint density at radius 2 is 0.517 bits per heavy atom. The summed E-state index contributed by atoms with van der Waals surface area (Å²) in [6.45, 7) is 4.65. The molecule has 0 unspecified atom stereocenters. The van der Waals surface area contributed by atoms with Crippen LogP contribution in [0.3, 0.4) is 0 Å². The van der Waals surface area contributed by atoms with E-state index in [9.17, 15) is 0 Å². The highest BCUT2D eigenvalue weighted by molar-refractivity contribution is 7.28. The lowest BCUT2D eigenvalue weighted by Crippen LogP contribution is -2.15. The minimum atomic E-state index is -0.119. The molecular formula is C130H78N12S3. The smallest absolute Gasteiger partial charge is 0.237 e. The Morgan fingerprint density at radius 1 is 0.207 bits per heavy atom. The van der Waals surface area contributed by atoms with Crippen LogP contribution in [0.15, 0.2) is 437 Å². The van der Waals surface area contributed by atoms with E-state index in [-0.39, 0.29) is 5.41 Å². The Morgan fingerprint density at radius 3 is 0.938 bits per heavy atom. The molecule has 0 N–H and O–H groups in total. The van der Waals surface area contributed by atoms with E-state index in [1.165, 1.54) is 158 Å². The molecule has 15 heteroatoms. The summed E-state index contributed by atoms with van der Waals surface area (Å²) in [7, 11) is 0. The Balaban J connectivity index is 0.000000101. The average Bonchev–Trinajstić information content (AvgIpc) is 1.54. The molecule has 0 bridgehead atoms. The highest BCUT2D eigenvalue weighted by atomic mass is 32.1. The van der Waals surface area contributed by atoms with Crippen molar-refractivity contribution in [2.75, 3.05) is 0 Å². The number of rotatable bonds is 8. The second-order valence-corrected chi connectivity index (χ2v) is 41.2. The fraction of sp³-hybridized carbons (Fsp3) is 0.0231. The van der Waals surface area contributed by atoms with Gasteiger partial charge in [0.05, 0.1) is 64.3 Å². The molecule has 1 aliphatic rings. The molecule has 0 aliphatic heterocycles. The zero-order valence-corrected chi connectivity index (χ0v) is 80.6. The van der Waals surface area contributed by atoms with Crippen molar-refractivity contribution in [2.24, 2.45) is 0 Å². The van der Waals surface area contributed by atoms with Crippen molar-refractivity contribution in [1.29, 1.82) is 0 Å². The molecule has 32 rings (SSSR count). The molecule has 12 heterocycles. The molecule has 0 saturated carbocycles. The molecule has 0 amide bonds. The predicted octanol–water partition coefficient (Wildman–Crippen LogP) is 34.7. The van der Waals surface area contributed by atoms with E-state index < -0.39 is 0 Å². The van der Waals surface area contributed by atoms with Crippen LogP contribution in [0.1, 0.15) is 25.0 Å². The standard InChI is InChI=1S/C47H28N4S.C44H28N4S.C39H22N4S/c1-3-14-29(15-4-1)31-26-32(30-16-5-2-6-17-30)28-33(27-31)43-38-22-13-25-48-46(38)50-47(49-43)51-39-23-11-9-20-36(39)41-34-18-7-8-19-35(34)42-37-21-10-12-24-40(37)52-45(42)44(41)51;1-44(2)33-18-8-5-12-26(33)27-22-21-25(24-34(27)44)39-32-17-11-23-45-42(32)47-43(46-39)48-35-19-9-6-15-30(35)37-28-13-3-4-14-29(28)38-31-16-7-10-20-36(31)49-41(38)40(37)48;1-2-11-24-22-25(20-19-23(24)10-1)35-30-16-9-21-40-38(30)42-39(41-35)43-31-17-7-5-14-28(31)33-26-12-3-4-13-27(26)34-29-15-6-8-18-32(29)44-37(34)36(33)43/h1-28H;3-24H,1-2H3;1-22H. The maximum Gasteiger partial charge on any atom is 0.237 e. The van der Waals surface area contributed by atoms with Crippen LogP contribution in [-0.2, 0) is 5.41 Å². The van der Waals surface area contributed by atoms with Gasteiger partial charge in [-0.3, -0.25) is 13.7 Å². The highest BCUT2D eigenvalue weighted by Crippen LogP contribution is 2.55. The largest absolute Gasteiger partial charge is 0.276 e. The van der Waals surface area contributed by atoms with Gasteiger partial charge >= 0.3 is 0 Å². The summed E-state index contributed by atoms with van der Waals surface area (Å²) in [4.78, 5) is 46.4. The van der Waals surface area contributed by atoms with Gasteiger partial charge in [0.25, 0.3) is 0 Å². The molecule has 0 saturated heterocycles. The summed E-state index contributed by atoms with van der Waals surface area (Å²) in [5.74, 6) is 1.86. The van der Waals surface area contributed by atoms with E-state index >= 15 is 0 Å². The maximum absolute atomic E-state index is 5.54.